The first-order valence-corrected chi connectivity index (χ1v) is 12.2. The number of pyridine rings is 1. The third-order valence-corrected chi connectivity index (χ3v) is 7.85. The average Bonchev–Trinajstić information content (AvgIpc) is 3.41. The molecule has 1 nitrogen and oxygen atoms in total. The molecule has 1 saturated carbocycles. The zero-order valence-electron chi connectivity index (χ0n) is 14.5. The highest BCUT2D eigenvalue weighted by Gasteiger charge is 2.24. The number of fused-ring (bicyclic) bond motifs is 3. The lowest BCUT2D eigenvalue weighted by Crippen LogP contribution is -2.21. The SMILES string of the molecule is C[Si](C)c1ccc2c(c1)sc1c(-c3cc(C4CC4)ccn3)cccc12. The molecule has 0 saturated heterocycles. The van der Waals surface area contributed by atoms with Gasteiger partial charge < -0.3 is 0 Å². The maximum atomic E-state index is 4.70. The topological polar surface area (TPSA) is 12.9 Å². The summed E-state index contributed by atoms with van der Waals surface area (Å²) in [5.74, 6) is 0.764. The Bertz CT molecular complexity index is 1090. The van der Waals surface area contributed by atoms with Crippen molar-refractivity contribution in [3.8, 4) is 11.3 Å². The molecular formula is C22H20NSSi. The number of thiophene rings is 1. The van der Waals surface area contributed by atoms with Crippen LogP contribution in [0.15, 0.2) is 54.7 Å². The smallest absolute Gasteiger partial charge is 0.0792 e. The third kappa shape index (κ3) is 2.62. The first kappa shape index (κ1) is 15.3. The molecule has 2 aromatic carbocycles. The second kappa shape index (κ2) is 5.79. The molecule has 1 aliphatic rings. The van der Waals surface area contributed by atoms with Gasteiger partial charge in [-0.25, -0.2) is 0 Å². The van der Waals surface area contributed by atoms with E-state index >= 15 is 0 Å². The van der Waals surface area contributed by atoms with Crippen molar-refractivity contribution in [1.29, 1.82) is 0 Å². The number of nitrogens with zero attached hydrogens (tertiary/aromatic N) is 1. The van der Waals surface area contributed by atoms with E-state index in [1.165, 1.54) is 49.3 Å². The highest BCUT2D eigenvalue weighted by molar-refractivity contribution is 7.26. The predicted octanol–water partition coefficient (Wildman–Crippen LogP) is 5.96. The van der Waals surface area contributed by atoms with Gasteiger partial charge in [-0.1, -0.05) is 48.6 Å². The van der Waals surface area contributed by atoms with E-state index in [0.29, 0.717) is 0 Å². The van der Waals surface area contributed by atoms with Gasteiger partial charge in [0.05, 0.1) is 14.5 Å². The van der Waals surface area contributed by atoms with Gasteiger partial charge in [-0.2, -0.15) is 0 Å². The van der Waals surface area contributed by atoms with Crippen LogP contribution in [0.3, 0.4) is 0 Å². The molecule has 2 aromatic heterocycles. The van der Waals surface area contributed by atoms with E-state index in [0.717, 1.165) is 11.6 Å². The Morgan fingerprint density at radius 2 is 1.88 bits per heavy atom. The Labute approximate surface area is 154 Å². The van der Waals surface area contributed by atoms with Crippen molar-refractivity contribution in [3.05, 3.63) is 60.3 Å². The minimum Gasteiger partial charge on any atom is -0.256 e. The monoisotopic (exact) mass is 358 g/mol. The summed E-state index contributed by atoms with van der Waals surface area (Å²) >= 11 is 1.92. The lowest BCUT2D eigenvalue weighted by molar-refractivity contribution is 1.11. The molecule has 4 aromatic rings. The number of benzene rings is 2. The number of hydrogen-bond acceptors (Lipinski definition) is 2. The largest absolute Gasteiger partial charge is 0.256 e. The average molecular weight is 359 g/mol. The van der Waals surface area contributed by atoms with Crippen LogP contribution in [0.1, 0.15) is 24.3 Å². The van der Waals surface area contributed by atoms with Gasteiger partial charge in [0.15, 0.2) is 0 Å². The molecule has 25 heavy (non-hydrogen) atoms. The normalized spacial score (nSPS) is 14.7. The molecule has 1 radical (unpaired) electrons. The van der Waals surface area contributed by atoms with Crippen LogP contribution in [-0.2, 0) is 0 Å². The van der Waals surface area contributed by atoms with Crippen LogP contribution >= 0.6 is 11.3 Å². The number of hydrogen-bond donors (Lipinski definition) is 0. The molecule has 0 atom stereocenters. The molecule has 0 aliphatic heterocycles. The molecule has 0 bridgehead atoms. The van der Waals surface area contributed by atoms with Crippen LogP contribution in [-0.4, -0.2) is 13.8 Å². The van der Waals surface area contributed by atoms with Crippen LogP contribution in [0.4, 0.5) is 0 Å². The molecule has 0 unspecified atom stereocenters. The lowest BCUT2D eigenvalue weighted by atomic mass is 10.0. The first-order chi connectivity index (χ1) is 12.2. The maximum absolute atomic E-state index is 4.70. The summed E-state index contributed by atoms with van der Waals surface area (Å²) in [6.45, 7) is 4.72. The summed E-state index contributed by atoms with van der Waals surface area (Å²) < 4.78 is 2.78. The molecule has 1 aliphatic carbocycles. The molecule has 123 valence electrons. The van der Waals surface area contributed by atoms with Gasteiger partial charge in [-0.15, -0.1) is 11.3 Å². The van der Waals surface area contributed by atoms with Crippen LogP contribution in [0.25, 0.3) is 31.4 Å². The van der Waals surface area contributed by atoms with Crippen LogP contribution < -0.4 is 5.19 Å². The van der Waals surface area contributed by atoms with E-state index in [1.807, 2.05) is 17.5 Å². The Kier molecular flexibility index (Phi) is 3.54. The van der Waals surface area contributed by atoms with E-state index in [1.54, 1.807) is 0 Å². The van der Waals surface area contributed by atoms with Gasteiger partial charge in [0, 0.05) is 31.9 Å². The van der Waals surface area contributed by atoms with Gasteiger partial charge in [-0.05, 0) is 42.5 Å². The summed E-state index contributed by atoms with van der Waals surface area (Å²) in [4.78, 5) is 4.70. The van der Waals surface area contributed by atoms with Crippen LogP contribution in [0.5, 0.6) is 0 Å². The third-order valence-electron chi connectivity index (χ3n) is 5.18. The van der Waals surface area contributed by atoms with Gasteiger partial charge >= 0.3 is 0 Å². The summed E-state index contributed by atoms with van der Waals surface area (Å²) in [5.41, 5.74) is 3.85. The van der Waals surface area contributed by atoms with Crippen LogP contribution in [0, 0.1) is 0 Å². The van der Waals surface area contributed by atoms with Crippen molar-refractivity contribution >= 4 is 45.5 Å². The van der Waals surface area contributed by atoms with Crippen molar-refractivity contribution in [2.75, 3.05) is 0 Å². The first-order valence-electron chi connectivity index (χ1n) is 8.93. The molecular weight excluding hydrogens is 338 g/mol. The standard InChI is InChI=1S/C22H20NSSi/c1-25(2)16-8-9-17-18-4-3-5-19(22(18)24-21(17)13-16)20-12-15(10-11-23-20)14-6-7-14/h3-5,8-14H,6-7H2,1-2H3. The Morgan fingerprint density at radius 3 is 2.68 bits per heavy atom. The summed E-state index contributed by atoms with van der Waals surface area (Å²) in [5, 5.41) is 4.26. The van der Waals surface area contributed by atoms with Gasteiger partial charge in [0.1, 0.15) is 0 Å². The number of aromatic nitrogens is 1. The minimum absolute atomic E-state index is 0.415. The molecule has 0 N–H and O–H groups in total. The predicted molar refractivity (Wildman–Crippen MR) is 112 cm³/mol. The minimum atomic E-state index is -0.415. The Hall–Kier alpha value is -1.97. The van der Waals surface area contributed by atoms with E-state index in [9.17, 15) is 0 Å². The summed E-state index contributed by atoms with van der Waals surface area (Å²) in [6.07, 6.45) is 4.64. The fraction of sp³-hybridized carbons (Fsp3) is 0.227. The number of rotatable bonds is 3. The van der Waals surface area contributed by atoms with Gasteiger partial charge in [0.25, 0.3) is 0 Å². The fourth-order valence-corrected chi connectivity index (χ4v) is 5.79. The quantitative estimate of drug-likeness (QED) is 0.412. The lowest BCUT2D eigenvalue weighted by Gasteiger charge is -2.05. The van der Waals surface area contributed by atoms with Crippen molar-refractivity contribution in [2.45, 2.75) is 31.9 Å². The molecule has 3 heteroatoms. The zero-order valence-corrected chi connectivity index (χ0v) is 16.4. The van der Waals surface area contributed by atoms with E-state index < -0.39 is 8.80 Å². The molecule has 0 spiro atoms. The van der Waals surface area contributed by atoms with Gasteiger partial charge in [-0.3, -0.25) is 4.98 Å². The zero-order chi connectivity index (χ0) is 17.0. The van der Waals surface area contributed by atoms with Crippen molar-refractivity contribution in [2.24, 2.45) is 0 Å². The second-order valence-corrected chi connectivity index (χ2v) is 10.9. The Balaban J connectivity index is 1.73. The molecule has 5 rings (SSSR count). The highest BCUT2D eigenvalue weighted by atomic mass is 32.1. The van der Waals surface area contributed by atoms with Crippen molar-refractivity contribution in [1.82, 2.24) is 4.98 Å². The summed E-state index contributed by atoms with van der Waals surface area (Å²) in [7, 11) is -0.415. The maximum Gasteiger partial charge on any atom is 0.0792 e. The van der Waals surface area contributed by atoms with Crippen LogP contribution in [0.2, 0.25) is 13.1 Å². The molecule has 0 amide bonds. The second-order valence-electron chi connectivity index (χ2n) is 7.24. The van der Waals surface area contributed by atoms with E-state index in [4.69, 9.17) is 4.98 Å². The fourth-order valence-electron chi connectivity index (χ4n) is 3.58. The Morgan fingerprint density at radius 1 is 1.00 bits per heavy atom. The van der Waals surface area contributed by atoms with Crippen molar-refractivity contribution in [3.63, 3.8) is 0 Å². The van der Waals surface area contributed by atoms with Gasteiger partial charge in [0.2, 0.25) is 0 Å². The highest BCUT2D eigenvalue weighted by Crippen LogP contribution is 2.42. The molecule has 2 heterocycles. The van der Waals surface area contributed by atoms with Crippen molar-refractivity contribution < 1.29 is 0 Å². The molecule has 1 fully saturated rings. The van der Waals surface area contributed by atoms with E-state index in [-0.39, 0.29) is 0 Å². The summed E-state index contributed by atoms with van der Waals surface area (Å²) in [6, 6.07) is 18.2. The van der Waals surface area contributed by atoms with E-state index in [2.05, 4.69) is 61.6 Å².